The fourth-order valence-electron chi connectivity index (χ4n) is 1.17. The van der Waals surface area contributed by atoms with Crippen LogP contribution in [-0.4, -0.2) is 17.6 Å². The Kier molecular flexibility index (Phi) is 3.83. The van der Waals surface area contributed by atoms with Gasteiger partial charge in [-0.25, -0.2) is 9.37 Å². The van der Waals surface area contributed by atoms with Gasteiger partial charge in [-0.1, -0.05) is 13.8 Å². The molecule has 1 aromatic rings. The van der Waals surface area contributed by atoms with Gasteiger partial charge in [0.25, 0.3) is 0 Å². The molecule has 14 heavy (non-hydrogen) atoms. The first-order chi connectivity index (χ1) is 6.65. The van der Waals surface area contributed by atoms with Crippen molar-refractivity contribution in [3.05, 3.63) is 24.1 Å². The predicted molar refractivity (Wildman–Crippen MR) is 55.5 cm³/mol. The molecule has 0 spiro atoms. The van der Waals surface area contributed by atoms with E-state index in [0.717, 1.165) is 0 Å². The Hall–Kier alpha value is -1.16. The molecule has 0 saturated carbocycles. The van der Waals surface area contributed by atoms with Crippen LogP contribution in [0.25, 0.3) is 0 Å². The van der Waals surface area contributed by atoms with Crippen molar-refractivity contribution in [2.75, 3.05) is 11.9 Å². The minimum Gasteiger partial charge on any atom is -0.363 e. The quantitative estimate of drug-likeness (QED) is 0.771. The number of pyridine rings is 1. The van der Waals surface area contributed by atoms with Crippen LogP contribution in [0.1, 0.15) is 13.8 Å². The molecule has 78 valence electrons. The lowest BCUT2D eigenvalue weighted by molar-refractivity contribution is 0.523. The van der Waals surface area contributed by atoms with E-state index in [4.69, 9.17) is 5.73 Å². The van der Waals surface area contributed by atoms with Crippen molar-refractivity contribution in [2.24, 2.45) is 11.7 Å². The van der Waals surface area contributed by atoms with E-state index in [1.807, 2.05) is 13.8 Å². The van der Waals surface area contributed by atoms with Gasteiger partial charge in [0.2, 0.25) is 0 Å². The average molecular weight is 197 g/mol. The summed E-state index contributed by atoms with van der Waals surface area (Å²) in [6, 6.07) is 3.00. The predicted octanol–water partition coefficient (Wildman–Crippen LogP) is 1.62. The molecule has 1 aromatic heterocycles. The number of hydrogen-bond acceptors (Lipinski definition) is 3. The Balaban J connectivity index is 2.72. The van der Waals surface area contributed by atoms with Gasteiger partial charge in [0.15, 0.2) is 11.6 Å². The molecule has 0 aliphatic carbocycles. The molecule has 0 aliphatic rings. The lowest BCUT2D eigenvalue weighted by Crippen LogP contribution is -2.34. The van der Waals surface area contributed by atoms with Crippen LogP contribution in [0, 0.1) is 11.7 Å². The highest BCUT2D eigenvalue weighted by atomic mass is 19.1. The molecule has 1 unspecified atom stereocenters. The Bertz CT molecular complexity index is 288. The molecule has 1 rings (SSSR count). The Morgan fingerprint density at radius 1 is 1.57 bits per heavy atom. The molecule has 1 heterocycles. The van der Waals surface area contributed by atoms with Gasteiger partial charge in [-0.3, -0.25) is 0 Å². The van der Waals surface area contributed by atoms with Crippen molar-refractivity contribution in [2.45, 2.75) is 19.9 Å². The zero-order valence-electron chi connectivity index (χ0n) is 8.50. The van der Waals surface area contributed by atoms with E-state index < -0.39 is 0 Å². The number of anilines is 1. The van der Waals surface area contributed by atoms with Crippen LogP contribution in [0.3, 0.4) is 0 Å². The normalized spacial score (nSPS) is 12.9. The third-order valence-electron chi connectivity index (χ3n) is 2.14. The van der Waals surface area contributed by atoms with Crippen LogP contribution in [0.2, 0.25) is 0 Å². The fraction of sp³-hybridized carbons (Fsp3) is 0.500. The first kappa shape index (κ1) is 10.9. The Labute approximate surface area is 83.5 Å². The highest BCUT2D eigenvalue weighted by Crippen LogP contribution is 2.12. The summed E-state index contributed by atoms with van der Waals surface area (Å²) in [4.78, 5) is 3.91. The summed E-state index contributed by atoms with van der Waals surface area (Å²) in [5.74, 6) is 0.282. The maximum Gasteiger partial charge on any atom is 0.165 e. The highest BCUT2D eigenvalue weighted by Gasteiger charge is 2.13. The zero-order valence-corrected chi connectivity index (χ0v) is 8.50. The molecular formula is C10H16FN3. The van der Waals surface area contributed by atoms with E-state index in [2.05, 4.69) is 10.3 Å². The van der Waals surface area contributed by atoms with E-state index in [9.17, 15) is 4.39 Å². The number of aromatic nitrogens is 1. The van der Waals surface area contributed by atoms with Gasteiger partial charge in [-0.2, -0.15) is 0 Å². The molecule has 0 radical (unpaired) electrons. The van der Waals surface area contributed by atoms with Gasteiger partial charge < -0.3 is 11.1 Å². The monoisotopic (exact) mass is 197 g/mol. The minimum atomic E-state index is -0.341. The van der Waals surface area contributed by atoms with Crippen LogP contribution in [-0.2, 0) is 0 Å². The van der Waals surface area contributed by atoms with Crippen molar-refractivity contribution in [1.82, 2.24) is 4.98 Å². The summed E-state index contributed by atoms with van der Waals surface area (Å²) in [7, 11) is 0. The fourth-order valence-corrected chi connectivity index (χ4v) is 1.17. The second-order valence-electron chi connectivity index (χ2n) is 3.56. The topological polar surface area (TPSA) is 50.9 Å². The van der Waals surface area contributed by atoms with Gasteiger partial charge in [-0.15, -0.1) is 0 Å². The maximum atomic E-state index is 13.2. The van der Waals surface area contributed by atoms with Crippen molar-refractivity contribution >= 4 is 5.82 Å². The number of nitrogens with zero attached hydrogens (tertiary/aromatic N) is 1. The second-order valence-corrected chi connectivity index (χ2v) is 3.56. The van der Waals surface area contributed by atoms with E-state index in [-0.39, 0.29) is 17.7 Å². The van der Waals surface area contributed by atoms with E-state index in [1.54, 1.807) is 12.3 Å². The van der Waals surface area contributed by atoms with Crippen molar-refractivity contribution in [3.63, 3.8) is 0 Å². The minimum absolute atomic E-state index is 0.0550. The molecule has 0 aliphatic heterocycles. The Morgan fingerprint density at radius 2 is 2.29 bits per heavy atom. The van der Waals surface area contributed by atoms with Crippen molar-refractivity contribution < 1.29 is 4.39 Å². The average Bonchev–Trinajstić information content (AvgIpc) is 2.16. The number of nitrogens with one attached hydrogen (secondary N) is 1. The molecule has 1 atom stereocenters. The number of halogens is 1. The van der Waals surface area contributed by atoms with Crippen molar-refractivity contribution in [3.8, 4) is 0 Å². The lowest BCUT2D eigenvalue weighted by Gasteiger charge is -2.21. The number of rotatable bonds is 4. The highest BCUT2D eigenvalue weighted by molar-refractivity contribution is 5.36. The molecule has 0 aromatic carbocycles. The van der Waals surface area contributed by atoms with Crippen LogP contribution in [0.4, 0.5) is 10.2 Å². The smallest absolute Gasteiger partial charge is 0.165 e. The number of nitrogens with two attached hydrogens (primary N) is 1. The van der Waals surface area contributed by atoms with E-state index in [0.29, 0.717) is 12.5 Å². The summed E-state index contributed by atoms with van der Waals surface area (Å²) in [6.07, 6.45) is 1.55. The zero-order chi connectivity index (χ0) is 10.6. The van der Waals surface area contributed by atoms with Gasteiger partial charge in [0.1, 0.15) is 0 Å². The third-order valence-corrected chi connectivity index (χ3v) is 2.14. The molecule has 0 bridgehead atoms. The van der Waals surface area contributed by atoms with Crippen LogP contribution >= 0.6 is 0 Å². The SMILES string of the molecule is CC(C)C(CN)Nc1ncccc1F. The summed E-state index contributed by atoms with van der Waals surface area (Å²) in [5, 5.41) is 2.99. The van der Waals surface area contributed by atoms with Gasteiger partial charge >= 0.3 is 0 Å². The molecule has 3 N–H and O–H groups in total. The van der Waals surface area contributed by atoms with Gasteiger partial charge in [0.05, 0.1) is 0 Å². The molecule has 0 amide bonds. The van der Waals surface area contributed by atoms with Crippen LogP contribution in [0.5, 0.6) is 0 Å². The summed E-state index contributed by atoms with van der Waals surface area (Å²) in [5.41, 5.74) is 5.56. The molecular weight excluding hydrogens is 181 g/mol. The second kappa shape index (κ2) is 4.91. The molecule has 4 heteroatoms. The first-order valence-corrected chi connectivity index (χ1v) is 4.72. The first-order valence-electron chi connectivity index (χ1n) is 4.72. The van der Waals surface area contributed by atoms with E-state index >= 15 is 0 Å². The van der Waals surface area contributed by atoms with Gasteiger partial charge in [-0.05, 0) is 18.1 Å². The van der Waals surface area contributed by atoms with Crippen LogP contribution in [0.15, 0.2) is 18.3 Å². The summed E-state index contributed by atoms with van der Waals surface area (Å²) in [6.45, 7) is 4.53. The summed E-state index contributed by atoms with van der Waals surface area (Å²) >= 11 is 0. The van der Waals surface area contributed by atoms with E-state index in [1.165, 1.54) is 6.07 Å². The molecule has 0 saturated heterocycles. The molecule has 3 nitrogen and oxygen atoms in total. The maximum absolute atomic E-state index is 13.2. The summed E-state index contributed by atoms with van der Waals surface area (Å²) < 4.78 is 13.2. The number of hydrogen-bond donors (Lipinski definition) is 2. The standard InChI is InChI=1S/C10H16FN3/c1-7(2)9(6-12)14-10-8(11)4-3-5-13-10/h3-5,7,9H,6,12H2,1-2H3,(H,13,14). The van der Waals surface area contributed by atoms with Crippen LogP contribution < -0.4 is 11.1 Å². The van der Waals surface area contributed by atoms with Crippen molar-refractivity contribution in [1.29, 1.82) is 0 Å². The Morgan fingerprint density at radius 3 is 2.79 bits per heavy atom. The largest absolute Gasteiger partial charge is 0.363 e. The lowest BCUT2D eigenvalue weighted by atomic mass is 10.1. The molecule has 0 fully saturated rings. The van der Waals surface area contributed by atoms with Gasteiger partial charge in [0, 0.05) is 18.8 Å². The third kappa shape index (κ3) is 2.67.